The van der Waals surface area contributed by atoms with Crippen LogP contribution < -0.4 is 0 Å². The van der Waals surface area contributed by atoms with E-state index in [2.05, 4.69) is 39.3 Å². The van der Waals surface area contributed by atoms with Crippen molar-refractivity contribution in [1.82, 2.24) is 0 Å². The number of hydrogen-bond donors (Lipinski definition) is 0. The fourth-order valence-electron chi connectivity index (χ4n) is 32.0. The fourth-order valence-corrected chi connectivity index (χ4v) is 174. The van der Waals surface area contributed by atoms with Gasteiger partial charge in [0, 0.05) is 0 Å². The Morgan fingerprint density at radius 3 is 1.22 bits per heavy atom. The summed E-state index contributed by atoms with van der Waals surface area (Å²) in [5, 5.41) is 0. The minimum atomic E-state index is -3.62. The van der Waals surface area contributed by atoms with Gasteiger partial charge in [-0.1, -0.05) is 0 Å². The van der Waals surface area contributed by atoms with Crippen LogP contribution in [-0.2, 0) is 6.51 Å². The number of hydrogen-bond acceptors (Lipinski definition) is 0. The summed E-state index contributed by atoms with van der Waals surface area (Å²) in [4.78, 5) is 10.6. The summed E-state index contributed by atoms with van der Waals surface area (Å²) >= 11 is 0. The molecule has 8 saturated carbocycles. The Morgan fingerprint density at radius 2 is 0.927 bits per heavy atom. The van der Waals surface area contributed by atoms with Gasteiger partial charge in [-0.3, -0.25) is 0 Å². The molecule has 18 aliphatic rings. The van der Waals surface area contributed by atoms with E-state index in [4.69, 9.17) is 0 Å². The van der Waals surface area contributed by atoms with Gasteiger partial charge in [0.15, 0.2) is 0 Å². The van der Waals surface area contributed by atoms with Crippen molar-refractivity contribution < 1.29 is 6.51 Å². The molecule has 0 nitrogen and oxygen atoms in total. The average Bonchev–Trinajstić information content (AvgIpc) is 3.80. The Kier molecular flexibility index (Phi) is 1.82. The van der Waals surface area contributed by atoms with E-state index < -0.39 is 22.7 Å². The van der Waals surface area contributed by atoms with Gasteiger partial charge in [-0.15, -0.1) is 0 Å². The molecule has 8 aliphatic carbocycles. The summed E-state index contributed by atoms with van der Waals surface area (Å²) in [5.41, 5.74) is 2.56. The number of fused-ring (bicyclic) bond motifs is 10. The van der Waals surface area contributed by atoms with Crippen LogP contribution in [0.3, 0.4) is 0 Å². The van der Waals surface area contributed by atoms with Crippen molar-refractivity contribution >= 4 is 24.1 Å². The molecule has 41 heavy (non-hydrogen) atoms. The first-order valence-electron chi connectivity index (χ1n) is 19.2. The van der Waals surface area contributed by atoms with Crippen LogP contribution >= 0.6 is 7.92 Å². The van der Waals surface area contributed by atoms with Gasteiger partial charge in [0.1, 0.15) is 0 Å². The molecule has 0 amide bonds. The average molecular weight is 645 g/mol. The Balaban J connectivity index is 0.952. The minimum absolute atomic E-state index is 0.269. The molecular weight excluding hydrogens is 587 g/mol. The van der Waals surface area contributed by atoms with E-state index in [1.807, 2.05) is 6.16 Å². The van der Waals surface area contributed by atoms with Gasteiger partial charge in [0.05, 0.1) is 0 Å². The van der Waals surface area contributed by atoms with Crippen LogP contribution in [0.25, 0.3) is 0 Å². The molecule has 1 spiro atoms. The van der Waals surface area contributed by atoms with Gasteiger partial charge in [0.2, 0.25) is 0 Å². The Hall–Kier alpha value is 1.38. The van der Waals surface area contributed by atoms with Gasteiger partial charge in [-0.25, -0.2) is 0 Å². The fraction of sp³-hybridized carbons (Fsp3) is 1.00. The zero-order chi connectivity index (χ0) is 27.0. The van der Waals surface area contributed by atoms with Crippen LogP contribution in [-0.4, -0.2) is 33.6 Å². The second kappa shape index (κ2) is 3.38. The quantitative estimate of drug-likeness (QED) is 0.199. The Morgan fingerprint density at radius 1 is 0.537 bits per heavy atom. The van der Waals surface area contributed by atoms with Gasteiger partial charge in [-0.2, -0.15) is 0 Å². The molecular formula is C37H57FePSi2. The first kappa shape index (κ1) is 22.0. The van der Waals surface area contributed by atoms with Crippen molar-refractivity contribution in [3.8, 4) is 0 Å². The summed E-state index contributed by atoms with van der Waals surface area (Å²) in [6.45, 7) is 14.5. The van der Waals surface area contributed by atoms with E-state index in [0.29, 0.717) is 0 Å². The number of rotatable bonds is 6. The molecule has 18 fully saturated rings. The molecule has 0 aromatic rings. The zero-order valence-corrected chi connectivity index (χ0v) is 30.9. The molecule has 10 heterocycles. The molecule has 0 radical (unpaired) electrons. The predicted molar refractivity (Wildman–Crippen MR) is 174 cm³/mol. The molecule has 0 N–H and O–H groups in total. The summed E-state index contributed by atoms with van der Waals surface area (Å²) in [7, 11) is -2.14. The first-order chi connectivity index (χ1) is 19.3. The molecule has 8 bridgehead atoms. The zero-order valence-electron chi connectivity index (χ0n) is 26.9. The van der Waals surface area contributed by atoms with E-state index >= 15 is 0 Å². The van der Waals surface area contributed by atoms with Gasteiger partial charge < -0.3 is 0 Å². The Labute approximate surface area is 243 Å². The third-order valence-electron chi connectivity index (χ3n) is 27.0. The molecule has 5 unspecified atom stereocenters. The molecule has 226 valence electrons. The van der Waals surface area contributed by atoms with Crippen molar-refractivity contribution in [3.05, 3.63) is 0 Å². The summed E-state index contributed by atoms with van der Waals surface area (Å²) < 4.78 is 3.45. The van der Waals surface area contributed by atoms with Crippen molar-refractivity contribution in [1.29, 1.82) is 0 Å². The summed E-state index contributed by atoms with van der Waals surface area (Å²) in [6.07, 6.45) is 19.1. The molecule has 10 aliphatic heterocycles. The van der Waals surface area contributed by atoms with Crippen LogP contribution in [0.1, 0.15) is 64.2 Å². The van der Waals surface area contributed by atoms with Crippen molar-refractivity contribution in [2.75, 3.05) is 6.16 Å². The third-order valence-corrected chi connectivity index (χ3v) is 93.8. The second-order valence-electron chi connectivity index (χ2n) is 25.0. The molecule has 10 saturated heterocycles. The van der Waals surface area contributed by atoms with Crippen LogP contribution in [0, 0.1) is 47.3 Å². The third kappa shape index (κ3) is 0.592. The van der Waals surface area contributed by atoms with E-state index in [-0.39, 0.29) is 7.92 Å². The molecule has 0 aromatic carbocycles. The van der Waals surface area contributed by atoms with Crippen LogP contribution in [0.5, 0.6) is 0 Å². The normalized spacial score (nSPS) is 88.6. The van der Waals surface area contributed by atoms with Crippen LogP contribution in [0.4, 0.5) is 0 Å². The van der Waals surface area contributed by atoms with E-state index in [1.54, 1.807) is 64.2 Å². The predicted octanol–water partition coefficient (Wildman–Crippen LogP) is 11.4. The molecule has 5 atom stereocenters. The summed E-state index contributed by atoms with van der Waals surface area (Å²) in [5.74, 6) is 9.59. The van der Waals surface area contributed by atoms with E-state index in [9.17, 15) is 0 Å². The molecule has 18 rings (SSSR count). The summed E-state index contributed by atoms with van der Waals surface area (Å²) in [6, 6.07) is 0. The van der Waals surface area contributed by atoms with Gasteiger partial charge in [-0.05, 0) is 0 Å². The maximum atomic E-state index is 3.05. The van der Waals surface area contributed by atoms with Crippen molar-refractivity contribution in [2.45, 2.75) is 161 Å². The van der Waals surface area contributed by atoms with Crippen LogP contribution in [0.2, 0.25) is 85.2 Å². The van der Waals surface area contributed by atoms with Gasteiger partial charge >= 0.3 is 245 Å². The molecule has 4 heteroatoms. The van der Waals surface area contributed by atoms with Crippen LogP contribution in [0.15, 0.2) is 0 Å². The van der Waals surface area contributed by atoms with E-state index in [0.717, 1.165) is 12.2 Å². The van der Waals surface area contributed by atoms with Gasteiger partial charge in [0.25, 0.3) is 0 Å². The van der Waals surface area contributed by atoms with Crippen molar-refractivity contribution in [3.63, 3.8) is 0 Å². The Bertz CT molecular complexity index is 1760. The topological polar surface area (TPSA) is 0 Å². The van der Waals surface area contributed by atoms with E-state index in [1.165, 1.54) is 92.4 Å². The molecule has 0 aromatic heterocycles. The standard InChI is InChI=1S/C32H52PSi2.C5H5.Fe/c1-34(2,3)29-8-7-24(32(29)35(4,5)6)19-33(30-25-11-20-9-21(13-25)14-26(30)12-20)31-27-15-22-10-23(17-27)18-28(31)16-22;1-2-4-5-3-1;/h7-8,20-23,25-28,30-31H,9-19H2,1-6H3;1-5H;. The maximum absolute atomic E-state index is 3.62. The second-order valence-corrected chi connectivity index (χ2v) is 62.0. The van der Waals surface area contributed by atoms with Crippen molar-refractivity contribution in [2.24, 2.45) is 47.3 Å². The SMILES string of the molecule is C[Si](C)(C)[C]12[CH]3[CH]4[C]5(CP(C6C7CC8CC(C7)CC6C8)C6C7CC8CC(C7)CC6C8)[C]1([Si](C)(C)C)[Fe]43521678[CH]2[CH]1[CH]6[CH]7[CH]28. The monoisotopic (exact) mass is 644 g/mol. The first-order valence-corrected chi connectivity index (χ1v) is 34.0.